The molecular formula is C13H20N2O. The molecule has 0 aromatic carbocycles. The second-order valence-electron chi connectivity index (χ2n) is 4.63. The Morgan fingerprint density at radius 3 is 2.69 bits per heavy atom. The van der Waals surface area contributed by atoms with Gasteiger partial charge in [-0.1, -0.05) is 25.7 Å². The maximum Gasteiger partial charge on any atom is 0.223 e. The zero-order chi connectivity index (χ0) is 11.2. The van der Waals surface area contributed by atoms with Crippen LogP contribution >= 0.6 is 0 Å². The summed E-state index contributed by atoms with van der Waals surface area (Å²) in [5.41, 5.74) is 1.14. The van der Waals surface area contributed by atoms with Gasteiger partial charge in [0, 0.05) is 24.9 Å². The maximum atomic E-state index is 11.9. The number of carbonyl (C=O) groups excluding carboxylic acids is 1. The predicted octanol–water partition coefficient (Wildman–Crippen LogP) is 2.60. The Balaban J connectivity index is 1.78. The first-order chi connectivity index (χ1) is 7.86. The van der Waals surface area contributed by atoms with Gasteiger partial charge in [-0.3, -0.25) is 4.79 Å². The number of H-pyrrole nitrogens is 1. The number of nitrogens with one attached hydrogen (secondary N) is 2. The maximum absolute atomic E-state index is 11.9. The Kier molecular flexibility index (Phi) is 4.03. The smallest absolute Gasteiger partial charge is 0.223 e. The van der Waals surface area contributed by atoms with Crippen LogP contribution in [0.15, 0.2) is 18.5 Å². The number of amides is 1. The quantitative estimate of drug-likeness (QED) is 0.756. The van der Waals surface area contributed by atoms with E-state index in [1.165, 1.54) is 25.7 Å². The predicted molar refractivity (Wildman–Crippen MR) is 63.8 cm³/mol. The van der Waals surface area contributed by atoms with E-state index >= 15 is 0 Å². The number of hydrogen-bond acceptors (Lipinski definition) is 1. The third-order valence-corrected chi connectivity index (χ3v) is 3.36. The van der Waals surface area contributed by atoms with Crippen molar-refractivity contribution in [2.24, 2.45) is 5.92 Å². The molecule has 1 fully saturated rings. The van der Waals surface area contributed by atoms with Crippen LogP contribution in [0.2, 0.25) is 0 Å². The molecule has 1 aliphatic rings. The fraction of sp³-hybridized carbons (Fsp3) is 0.615. The van der Waals surface area contributed by atoms with E-state index in [1.54, 1.807) is 0 Å². The zero-order valence-electron chi connectivity index (χ0n) is 9.67. The van der Waals surface area contributed by atoms with Crippen LogP contribution in [0.5, 0.6) is 0 Å². The van der Waals surface area contributed by atoms with Gasteiger partial charge in [0.1, 0.15) is 0 Å². The first-order valence-corrected chi connectivity index (χ1v) is 6.25. The van der Waals surface area contributed by atoms with Crippen molar-refractivity contribution in [3.63, 3.8) is 0 Å². The van der Waals surface area contributed by atoms with Crippen molar-refractivity contribution in [2.45, 2.75) is 45.1 Å². The molecule has 0 unspecified atom stereocenters. The van der Waals surface area contributed by atoms with Gasteiger partial charge in [0.15, 0.2) is 0 Å². The normalized spacial score (nSPS) is 18.0. The molecule has 3 heteroatoms. The number of aromatic nitrogens is 1. The number of carbonyl (C=O) groups is 1. The second-order valence-corrected chi connectivity index (χ2v) is 4.63. The molecule has 0 saturated heterocycles. The van der Waals surface area contributed by atoms with E-state index in [4.69, 9.17) is 0 Å². The largest absolute Gasteiger partial charge is 0.367 e. The molecule has 1 aromatic heterocycles. The van der Waals surface area contributed by atoms with E-state index in [9.17, 15) is 4.79 Å². The monoisotopic (exact) mass is 220 g/mol. The van der Waals surface area contributed by atoms with E-state index < -0.39 is 0 Å². The fourth-order valence-corrected chi connectivity index (χ4v) is 2.34. The molecule has 0 spiro atoms. The van der Waals surface area contributed by atoms with Crippen LogP contribution < -0.4 is 5.32 Å². The lowest BCUT2D eigenvalue weighted by Gasteiger charge is -2.13. The molecule has 3 nitrogen and oxygen atoms in total. The van der Waals surface area contributed by atoms with Crippen LogP contribution in [-0.4, -0.2) is 10.9 Å². The van der Waals surface area contributed by atoms with Gasteiger partial charge in [-0.15, -0.1) is 0 Å². The summed E-state index contributed by atoms with van der Waals surface area (Å²) in [4.78, 5) is 14.9. The Morgan fingerprint density at radius 1 is 1.31 bits per heavy atom. The van der Waals surface area contributed by atoms with E-state index in [2.05, 4.69) is 10.3 Å². The third kappa shape index (κ3) is 3.12. The van der Waals surface area contributed by atoms with Crippen LogP contribution in [0.3, 0.4) is 0 Å². The van der Waals surface area contributed by atoms with Crippen LogP contribution in [0.4, 0.5) is 0 Å². The molecule has 88 valence electrons. The van der Waals surface area contributed by atoms with E-state index in [-0.39, 0.29) is 11.8 Å². The third-order valence-electron chi connectivity index (χ3n) is 3.36. The Hall–Kier alpha value is -1.25. The molecular weight excluding hydrogens is 200 g/mol. The minimum absolute atomic E-state index is 0.239. The first kappa shape index (κ1) is 11.2. The summed E-state index contributed by atoms with van der Waals surface area (Å²) in [6.45, 7) is 0.652. The lowest BCUT2D eigenvalue weighted by molar-refractivity contribution is -0.125. The van der Waals surface area contributed by atoms with Gasteiger partial charge in [0.2, 0.25) is 5.91 Å². The van der Waals surface area contributed by atoms with Gasteiger partial charge in [0.05, 0.1) is 0 Å². The van der Waals surface area contributed by atoms with Crippen LogP contribution in [0.1, 0.15) is 44.1 Å². The summed E-state index contributed by atoms with van der Waals surface area (Å²) < 4.78 is 0. The van der Waals surface area contributed by atoms with Gasteiger partial charge in [-0.2, -0.15) is 0 Å². The van der Waals surface area contributed by atoms with Crippen molar-refractivity contribution in [3.8, 4) is 0 Å². The zero-order valence-corrected chi connectivity index (χ0v) is 9.67. The van der Waals surface area contributed by atoms with Gasteiger partial charge < -0.3 is 10.3 Å². The van der Waals surface area contributed by atoms with Crippen molar-refractivity contribution in [1.82, 2.24) is 10.3 Å². The van der Waals surface area contributed by atoms with Crippen molar-refractivity contribution in [1.29, 1.82) is 0 Å². The molecule has 0 aliphatic heterocycles. The summed E-state index contributed by atoms with van der Waals surface area (Å²) in [6.07, 6.45) is 11.0. The average molecular weight is 220 g/mol. The first-order valence-electron chi connectivity index (χ1n) is 6.25. The molecule has 1 heterocycles. The minimum atomic E-state index is 0.239. The lowest BCUT2D eigenvalue weighted by atomic mass is 9.99. The molecule has 0 radical (unpaired) electrons. The van der Waals surface area contributed by atoms with Crippen molar-refractivity contribution in [2.75, 3.05) is 0 Å². The average Bonchev–Trinajstić information content (AvgIpc) is 2.66. The van der Waals surface area contributed by atoms with Crippen LogP contribution in [0.25, 0.3) is 0 Å². The van der Waals surface area contributed by atoms with Gasteiger partial charge in [-0.05, 0) is 24.5 Å². The van der Waals surface area contributed by atoms with Gasteiger partial charge in [0.25, 0.3) is 0 Å². The standard InChI is InChI=1S/C13H20N2O/c16-13(12-5-3-1-2-4-6-12)15-10-11-7-8-14-9-11/h7-9,12,14H,1-6,10H2,(H,15,16). The highest BCUT2D eigenvalue weighted by Crippen LogP contribution is 2.22. The highest BCUT2D eigenvalue weighted by Gasteiger charge is 2.19. The summed E-state index contributed by atoms with van der Waals surface area (Å²) >= 11 is 0. The summed E-state index contributed by atoms with van der Waals surface area (Å²) in [5.74, 6) is 0.490. The molecule has 1 aliphatic carbocycles. The molecule has 2 rings (SSSR count). The van der Waals surface area contributed by atoms with Gasteiger partial charge >= 0.3 is 0 Å². The molecule has 0 bridgehead atoms. The van der Waals surface area contributed by atoms with Crippen molar-refractivity contribution in [3.05, 3.63) is 24.0 Å². The van der Waals surface area contributed by atoms with Crippen LogP contribution in [-0.2, 0) is 11.3 Å². The molecule has 1 saturated carbocycles. The number of aromatic amines is 1. The topological polar surface area (TPSA) is 44.9 Å². The fourth-order valence-electron chi connectivity index (χ4n) is 2.34. The van der Waals surface area contributed by atoms with Crippen molar-refractivity contribution >= 4 is 5.91 Å². The summed E-state index contributed by atoms with van der Waals surface area (Å²) in [5, 5.41) is 3.02. The Bertz CT molecular complexity index is 311. The molecule has 0 atom stereocenters. The highest BCUT2D eigenvalue weighted by molar-refractivity contribution is 5.78. The van der Waals surface area contributed by atoms with Crippen LogP contribution in [0, 0.1) is 5.92 Å². The molecule has 1 aromatic rings. The molecule has 16 heavy (non-hydrogen) atoms. The molecule has 1 amide bonds. The van der Waals surface area contributed by atoms with Crippen molar-refractivity contribution < 1.29 is 4.79 Å². The number of rotatable bonds is 3. The van der Waals surface area contributed by atoms with E-state index in [0.717, 1.165) is 18.4 Å². The molecule has 2 N–H and O–H groups in total. The SMILES string of the molecule is O=C(NCc1cc[nH]c1)C1CCCCCC1. The van der Waals surface area contributed by atoms with Gasteiger partial charge in [-0.25, -0.2) is 0 Å². The summed E-state index contributed by atoms with van der Waals surface area (Å²) in [6, 6.07) is 1.99. The Morgan fingerprint density at radius 2 is 2.06 bits per heavy atom. The Labute approximate surface area is 96.6 Å². The van der Waals surface area contributed by atoms with E-state index in [0.29, 0.717) is 6.54 Å². The number of hydrogen-bond donors (Lipinski definition) is 2. The second kappa shape index (κ2) is 5.73. The minimum Gasteiger partial charge on any atom is -0.367 e. The summed E-state index contributed by atoms with van der Waals surface area (Å²) in [7, 11) is 0. The highest BCUT2D eigenvalue weighted by atomic mass is 16.1. The lowest BCUT2D eigenvalue weighted by Crippen LogP contribution is -2.29. The van der Waals surface area contributed by atoms with E-state index in [1.807, 2.05) is 18.5 Å².